The molecule has 7 nitrogen and oxygen atoms in total. The molecule has 0 saturated carbocycles. The molecule has 2 heterocycles. The maximum atomic E-state index is 12.8. The average Bonchev–Trinajstić information content (AvgIpc) is 2.63. The second-order valence-electron chi connectivity index (χ2n) is 5.99. The zero-order chi connectivity index (χ0) is 18.3. The molecule has 2 aromatic rings. The maximum absolute atomic E-state index is 12.8. The van der Waals surface area contributed by atoms with Gasteiger partial charge in [0.25, 0.3) is 5.56 Å². The molecule has 1 aliphatic rings. The monoisotopic (exact) mass is 363 g/mol. The number of methoxy groups -OCH3 is 2. The van der Waals surface area contributed by atoms with Gasteiger partial charge in [-0.2, -0.15) is 0 Å². The van der Waals surface area contributed by atoms with Crippen LogP contribution in [-0.2, 0) is 20.5 Å². The number of aromatic nitrogens is 2. The molecule has 8 heteroatoms. The number of nitrogens with one attached hydrogen (secondary N) is 1. The quantitative estimate of drug-likeness (QED) is 0.803. The van der Waals surface area contributed by atoms with Crippen molar-refractivity contribution in [3.8, 4) is 17.4 Å². The second kappa shape index (κ2) is 6.53. The summed E-state index contributed by atoms with van der Waals surface area (Å²) in [5.41, 5.74) is 1.88. The summed E-state index contributed by atoms with van der Waals surface area (Å²) >= 11 is 5.19. The number of fused-ring (bicyclic) bond motifs is 1. The van der Waals surface area contributed by atoms with Crippen LogP contribution in [0.25, 0.3) is 0 Å². The summed E-state index contributed by atoms with van der Waals surface area (Å²) in [5, 5.41) is 13.9. The molecule has 3 rings (SSSR count). The third kappa shape index (κ3) is 2.71. The van der Waals surface area contributed by atoms with Crippen molar-refractivity contribution in [2.75, 3.05) is 20.8 Å². The van der Waals surface area contributed by atoms with Crippen molar-refractivity contribution < 1.29 is 14.6 Å². The van der Waals surface area contributed by atoms with Crippen molar-refractivity contribution >= 4 is 12.2 Å². The molecular weight excluding hydrogens is 342 g/mol. The number of aromatic hydroxyl groups is 1. The minimum atomic E-state index is -0.455. The van der Waals surface area contributed by atoms with Crippen molar-refractivity contribution in [2.45, 2.75) is 12.5 Å². The van der Waals surface area contributed by atoms with E-state index in [2.05, 4.69) is 5.32 Å². The van der Waals surface area contributed by atoms with Crippen LogP contribution in [0.15, 0.2) is 16.9 Å². The van der Waals surface area contributed by atoms with Crippen LogP contribution >= 0.6 is 12.2 Å². The van der Waals surface area contributed by atoms with Crippen molar-refractivity contribution in [1.29, 1.82) is 0 Å². The summed E-state index contributed by atoms with van der Waals surface area (Å²) in [7, 11) is 6.40. The lowest BCUT2D eigenvalue weighted by atomic mass is 9.90. The third-order valence-electron chi connectivity index (χ3n) is 4.66. The van der Waals surface area contributed by atoms with Gasteiger partial charge in [0.1, 0.15) is 0 Å². The fraction of sp³-hybridized carbons (Fsp3) is 0.412. The van der Waals surface area contributed by atoms with Crippen LogP contribution in [0.5, 0.6) is 17.4 Å². The van der Waals surface area contributed by atoms with Gasteiger partial charge in [0, 0.05) is 20.6 Å². The van der Waals surface area contributed by atoms with E-state index in [0.717, 1.165) is 17.5 Å². The number of ether oxygens (including phenoxy) is 2. The fourth-order valence-electron chi connectivity index (χ4n) is 3.25. The number of hydrogen-bond acceptors (Lipinski definition) is 6. The first-order valence-corrected chi connectivity index (χ1v) is 8.28. The van der Waals surface area contributed by atoms with E-state index in [4.69, 9.17) is 21.7 Å². The van der Waals surface area contributed by atoms with Gasteiger partial charge in [-0.05, 0) is 41.9 Å². The maximum Gasteiger partial charge on any atom is 0.263 e. The lowest BCUT2D eigenvalue weighted by Gasteiger charge is -2.29. The van der Waals surface area contributed by atoms with Gasteiger partial charge < -0.3 is 19.9 Å². The van der Waals surface area contributed by atoms with Gasteiger partial charge in [0.2, 0.25) is 5.88 Å². The van der Waals surface area contributed by atoms with Crippen molar-refractivity contribution in [3.05, 3.63) is 43.9 Å². The molecule has 0 saturated heterocycles. The Morgan fingerprint density at radius 3 is 2.48 bits per heavy atom. The smallest absolute Gasteiger partial charge is 0.263 e. The topological polar surface area (TPSA) is 77.7 Å². The van der Waals surface area contributed by atoms with E-state index in [0.29, 0.717) is 18.0 Å². The van der Waals surface area contributed by atoms with E-state index in [1.54, 1.807) is 28.3 Å². The molecule has 1 aliphatic heterocycles. The highest BCUT2D eigenvalue weighted by Gasteiger charge is 2.29. The highest BCUT2D eigenvalue weighted by atomic mass is 32.1. The van der Waals surface area contributed by atoms with Gasteiger partial charge in [-0.3, -0.25) is 13.9 Å². The standard InChI is InChI=1S/C17H21N3O4S/c1-19-15(21)13(16(22)20(2)17(19)25)14-10-8-12(24-4)11(23-3)7-9(10)5-6-18-14/h7-8,14,18,21H,5-6H2,1-4H3/t14-/m1/s1. The third-order valence-corrected chi connectivity index (χ3v) is 5.20. The number of nitrogens with zero attached hydrogens (tertiary/aromatic N) is 2. The first-order chi connectivity index (χ1) is 11.9. The molecule has 0 aliphatic carbocycles. The SMILES string of the molecule is COc1cc2c(cc1OC)[C@H](c1c(O)n(C)c(=S)n(C)c1=O)NCC2. The Hall–Kier alpha value is -2.32. The van der Waals surface area contributed by atoms with Crippen molar-refractivity contribution in [3.63, 3.8) is 0 Å². The molecule has 2 N–H and O–H groups in total. The van der Waals surface area contributed by atoms with Crippen molar-refractivity contribution in [1.82, 2.24) is 14.5 Å². The summed E-state index contributed by atoms with van der Waals surface area (Å²) < 4.78 is 13.8. The first-order valence-electron chi connectivity index (χ1n) is 7.87. The van der Waals surface area contributed by atoms with E-state index in [9.17, 15) is 9.90 Å². The van der Waals surface area contributed by atoms with Crippen LogP contribution in [0.1, 0.15) is 22.7 Å². The van der Waals surface area contributed by atoms with Crippen LogP contribution in [0.4, 0.5) is 0 Å². The normalized spacial score (nSPS) is 16.4. The van der Waals surface area contributed by atoms with Gasteiger partial charge in [-0.1, -0.05) is 0 Å². The average molecular weight is 363 g/mol. The largest absolute Gasteiger partial charge is 0.494 e. The molecule has 0 unspecified atom stereocenters. The predicted molar refractivity (Wildman–Crippen MR) is 96.2 cm³/mol. The molecule has 0 fully saturated rings. The van der Waals surface area contributed by atoms with Crippen molar-refractivity contribution in [2.24, 2.45) is 14.1 Å². The second-order valence-corrected chi connectivity index (χ2v) is 6.35. The predicted octanol–water partition coefficient (Wildman–Crippen LogP) is 1.41. The molecule has 1 aromatic heterocycles. The minimum Gasteiger partial charge on any atom is -0.494 e. The van der Waals surface area contributed by atoms with E-state index >= 15 is 0 Å². The molecule has 0 amide bonds. The zero-order valence-corrected chi connectivity index (χ0v) is 15.4. The molecule has 25 heavy (non-hydrogen) atoms. The lowest BCUT2D eigenvalue weighted by molar-refractivity contribution is 0.352. The van der Waals surface area contributed by atoms with Crippen LogP contribution in [0.2, 0.25) is 0 Å². The lowest BCUT2D eigenvalue weighted by Crippen LogP contribution is -2.37. The molecule has 134 valence electrons. The van der Waals surface area contributed by atoms with Gasteiger partial charge in [-0.25, -0.2) is 0 Å². The highest BCUT2D eigenvalue weighted by Crippen LogP contribution is 2.38. The Morgan fingerprint density at radius 1 is 1.20 bits per heavy atom. The van der Waals surface area contributed by atoms with E-state index in [-0.39, 0.29) is 21.8 Å². The van der Waals surface area contributed by atoms with E-state index in [1.807, 2.05) is 12.1 Å². The highest BCUT2D eigenvalue weighted by molar-refractivity contribution is 7.71. The molecular formula is C17H21N3O4S. The molecule has 0 bridgehead atoms. The molecule has 0 spiro atoms. The molecule has 1 atom stereocenters. The summed E-state index contributed by atoms with van der Waals surface area (Å²) in [4.78, 5) is 12.8. The minimum absolute atomic E-state index is 0.131. The van der Waals surface area contributed by atoms with Gasteiger partial charge in [-0.15, -0.1) is 0 Å². The first kappa shape index (κ1) is 17.5. The zero-order valence-electron chi connectivity index (χ0n) is 14.6. The van der Waals surface area contributed by atoms with Crippen LogP contribution in [0, 0.1) is 4.77 Å². The summed E-state index contributed by atoms with van der Waals surface area (Å²) in [6.07, 6.45) is 0.790. The Bertz CT molecular complexity index is 948. The summed E-state index contributed by atoms with van der Waals surface area (Å²) in [6, 6.07) is 3.32. The van der Waals surface area contributed by atoms with E-state index in [1.165, 1.54) is 9.13 Å². The van der Waals surface area contributed by atoms with Gasteiger partial charge in [0.05, 0.1) is 25.8 Å². The fourth-order valence-corrected chi connectivity index (χ4v) is 3.42. The van der Waals surface area contributed by atoms with E-state index < -0.39 is 6.04 Å². The van der Waals surface area contributed by atoms with Crippen LogP contribution in [-0.4, -0.2) is 35.0 Å². The number of benzene rings is 1. The Labute approximate surface area is 150 Å². The van der Waals surface area contributed by atoms with Crippen LogP contribution < -0.4 is 20.3 Å². The number of rotatable bonds is 3. The molecule has 0 radical (unpaired) electrons. The molecule has 1 aromatic carbocycles. The Balaban J connectivity index is 2.27. The number of hydrogen-bond donors (Lipinski definition) is 2. The van der Waals surface area contributed by atoms with Gasteiger partial charge >= 0.3 is 0 Å². The summed E-state index contributed by atoms with van der Waals surface area (Å²) in [6.45, 7) is 0.676. The Morgan fingerprint density at radius 2 is 1.84 bits per heavy atom. The van der Waals surface area contributed by atoms with Gasteiger partial charge in [0.15, 0.2) is 16.3 Å². The summed E-state index contributed by atoms with van der Waals surface area (Å²) in [5.74, 6) is 1.09. The Kier molecular flexibility index (Phi) is 4.57. The van der Waals surface area contributed by atoms with Crippen LogP contribution in [0.3, 0.4) is 0 Å².